The minimum absolute atomic E-state index is 0.152. The third-order valence-electron chi connectivity index (χ3n) is 4.46. The van der Waals surface area contributed by atoms with Crippen LogP contribution in [-0.2, 0) is 24.2 Å². The molecule has 0 aliphatic carbocycles. The van der Waals surface area contributed by atoms with Crippen molar-refractivity contribution in [2.75, 3.05) is 7.11 Å². The van der Waals surface area contributed by atoms with Crippen molar-refractivity contribution in [3.05, 3.63) is 16.3 Å². The molecular weight excluding hydrogens is 410 g/mol. The van der Waals surface area contributed by atoms with Gasteiger partial charge in [0.2, 0.25) is 0 Å². The van der Waals surface area contributed by atoms with Gasteiger partial charge >= 0.3 is 0 Å². The molecule has 0 aromatic carbocycles. The van der Waals surface area contributed by atoms with Gasteiger partial charge in [-0.15, -0.1) is 10.2 Å². The van der Waals surface area contributed by atoms with Gasteiger partial charge in [0.25, 0.3) is 5.91 Å². The van der Waals surface area contributed by atoms with Crippen LogP contribution in [0.4, 0.5) is 0 Å². The molecule has 27 heavy (non-hydrogen) atoms. The molecule has 1 unspecified atom stereocenters. The van der Waals surface area contributed by atoms with Crippen LogP contribution in [0.1, 0.15) is 32.7 Å². The molecule has 0 N–H and O–H groups in total. The Bertz CT molecular complexity index is 945. The number of sulfone groups is 1. The van der Waals surface area contributed by atoms with Crippen LogP contribution in [0.15, 0.2) is 15.6 Å². The molecule has 0 radical (unpaired) electrons. The lowest BCUT2D eigenvalue weighted by molar-refractivity contribution is -0.161. The van der Waals surface area contributed by atoms with Crippen LogP contribution in [-0.4, -0.2) is 58.4 Å². The van der Waals surface area contributed by atoms with Crippen LogP contribution >= 0.6 is 23.1 Å². The monoisotopic (exact) mass is 431 g/mol. The second-order valence-corrected chi connectivity index (χ2v) is 12.5. The molecule has 0 saturated carbocycles. The maximum atomic E-state index is 13.2. The number of β-lactam (4-membered cyclic amide) rings is 1. The van der Waals surface area contributed by atoms with Crippen molar-refractivity contribution in [1.29, 1.82) is 0 Å². The summed E-state index contributed by atoms with van der Waals surface area (Å²) in [6.07, 6.45) is -1.11. The van der Waals surface area contributed by atoms with E-state index in [0.29, 0.717) is 14.9 Å². The maximum absolute atomic E-state index is 13.2. The first-order valence-electron chi connectivity index (χ1n) is 8.22. The highest BCUT2D eigenvalue weighted by atomic mass is 32.3. The van der Waals surface area contributed by atoms with Crippen molar-refractivity contribution in [2.45, 2.75) is 55.0 Å². The number of amides is 1. The first kappa shape index (κ1) is 20.4. The van der Waals surface area contributed by atoms with Crippen molar-refractivity contribution in [3.8, 4) is 0 Å². The van der Waals surface area contributed by atoms with Crippen LogP contribution in [0.25, 0.3) is 0 Å². The minimum Gasteiger partial charge on any atom is -0.368 e. The fourth-order valence-corrected chi connectivity index (χ4v) is 8.19. The Morgan fingerprint density at radius 2 is 1.89 bits per heavy atom. The zero-order chi connectivity index (χ0) is 20.3. The average molecular weight is 432 g/mol. The van der Waals surface area contributed by atoms with Crippen LogP contribution in [0, 0.1) is 12.3 Å². The summed E-state index contributed by atoms with van der Waals surface area (Å²) in [7, 11) is -2.54. The Morgan fingerprint density at radius 3 is 2.37 bits per heavy atom. The standard InChI is InChI=1S/C16H21N3O5S3/c1-7-9(11(20)16(3,4)5)19-12(21)10(24-6)13(19)27(22,23)14(7)26-15-18-17-8(2)25-15/h10,13-14H,1-6H3/t10-,13-,14?/m0/s1. The number of Topliss-reactive ketones (excluding diaryl/α,β-unsaturated/α-hetero) is 1. The van der Waals surface area contributed by atoms with Gasteiger partial charge in [0, 0.05) is 12.5 Å². The largest absolute Gasteiger partial charge is 0.368 e. The fourth-order valence-electron chi connectivity index (χ4n) is 3.10. The van der Waals surface area contributed by atoms with E-state index < -0.39 is 37.2 Å². The number of carbonyl (C=O) groups is 2. The Morgan fingerprint density at radius 1 is 1.26 bits per heavy atom. The number of aromatic nitrogens is 2. The number of fused-ring (bicyclic) bond motifs is 1. The van der Waals surface area contributed by atoms with E-state index in [-0.39, 0.29) is 11.5 Å². The summed E-state index contributed by atoms with van der Waals surface area (Å²) in [6, 6.07) is 0. The summed E-state index contributed by atoms with van der Waals surface area (Å²) in [4.78, 5) is 26.6. The third-order valence-corrected chi connectivity index (χ3v) is 9.66. The molecule has 0 spiro atoms. The normalized spacial score (nSPS) is 27.4. The summed E-state index contributed by atoms with van der Waals surface area (Å²) in [5.41, 5.74) is -0.277. The molecule has 148 valence electrons. The first-order valence-corrected chi connectivity index (χ1v) is 11.5. The lowest BCUT2D eigenvalue weighted by atomic mass is 9.86. The number of rotatable bonds is 4. The molecular formula is C16H21N3O5S3. The summed E-state index contributed by atoms with van der Waals surface area (Å²) < 4.78 is 31.1. The average Bonchev–Trinajstić information content (AvgIpc) is 2.96. The highest BCUT2D eigenvalue weighted by Gasteiger charge is 2.63. The van der Waals surface area contributed by atoms with Gasteiger partial charge in [0.1, 0.15) is 9.59 Å². The van der Waals surface area contributed by atoms with Crippen molar-refractivity contribution < 1.29 is 22.7 Å². The third kappa shape index (κ3) is 3.14. The molecule has 2 aliphatic heterocycles. The second kappa shape index (κ2) is 6.64. The molecule has 11 heteroatoms. The van der Waals surface area contributed by atoms with E-state index in [1.165, 1.54) is 18.4 Å². The molecule has 1 saturated heterocycles. The quantitative estimate of drug-likeness (QED) is 0.664. The van der Waals surface area contributed by atoms with Gasteiger partial charge in [-0.3, -0.25) is 14.5 Å². The Balaban J connectivity index is 2.16. The molecule has 1 aromatic heterocycles. The number of allylic oxidation sites excluding steroid dienone is 1. The lowest BCUT2D eigenvalue weighted by Gasteiger charge is -2.51. The van der Waals surface area contributed by atoms with Crippen LogP contribution < -0.4 is 0 Å². The molecule has 2 aliphatic rings. The number of hydrogen-bond donors (Lipinski definition) is 0. The van der Waals surface area contributed by atoms with Crippen LogP contribution in [0.2, 0.25) is 0 Å². The maximum Gasteiger partial charge on any atom is 0.260 e. The first-order chi connectivity index (χ1) is 12.4. The molecule has 8 nitrogen and oxygen atoms in total. The molecule has 1 fully saturated rings. The van der Waals surface area contributed by atoms with Crippen LogP contribution in [0.5, 0.6) is 0 Å². The smallest absolute Gasteiger partial charge is 0.260 e. The zero-order valence-corrected chi connectivity index (χ0v) is 18.3. The van der Waals surface area contributed by atoms with Crippen molar-refractivity contribution >= 4 is 44.6 Å². The number of thioether (sulfide) groups is 1. The van der Waals surface area contributed by atoms with E-state index in [9.17, 15) is 18.0 Å². The van der Waals surface area contributed by atoms with Gasteiger partial charge in [-0.1, -0.05) is 43.9 Å². The Kier molecular flexibility index (Phi) is 5.03. The Hall–Kier alpha value is -1.30. The lowest BCUT2D eigenvalue weighted by Crippen LogP contribution is -2.71. The predicted octanol–water partition coefficient (Wildman–Crippen LogP) is 1.77. The topological polar surface area (TPSA) is 107 Å². The van der Waals surface area contributed by atoms with Gasteiger partial charge < -0.3 is 4.74 Å². The molecule has 0 bridgehead atoms. The number of nitrogens with zero attached hydrogens (tertiary/aromatic N) is 3. The van der Waals surface area contributed by atoms with E-state index in [4.69, 9.17) is 4.74 Å². The van der Waals surface area contributed by atoms with Crippen LogP contribution in [0.3, 0.4) is 0 Å². The molecule has 3 atom stereocenters. The number of methoxy groups -OCH3 is 1. The molecule has 3 rings (SSSR count). The minimum atomic E-state index is -3.84. The number of aryl methyl sites for hydroxylation is 1. The second-order valence-electron chi connectivity index (χ2n) is 7.49. The summed E-state index contributed by atoms with van der Waals surface area (Å²) >= 11 is 2.32. The highest BCUT2D eigenvalue weighted by Crippen LogP contribution is 2.47. The predicted molar refractivity (Wildman–Crippen MR) is 102 cm³/mol. The molecule has 1 amide bonds. The van der Waals surface area contributed by atoms with Gasteiger partial charge in [-0.25, -0.2) is 8.42 Å². The summed E-state index contributed by atoms with van der Waals surface area (Å²) in [6.45, 7) is 8.58. The van der Waals surface area contributed by atoms with E-state index in [2.05, 4.69) is 10.2 Å². The van der Waals surface area contributed by atoms with E-state index in [1.54, 1.807) is 34.6 Å². The van der Waals surface area contributed by atoms with Gasteiger partial charge in [-0.2, -0.15) is 0 Å². The van der Waals surface area contributed by atoms with E-state index >= 15 is 0 Å². The van der Waals surface area contributed by atoms with Gasteiger partial charge in [-0.05, 0) is 19.4 Å². The number of ketones is 1. The summed E-state index contributed by atoms with van der Waals surface area (Å²) in [5.74, 6) is -0.782. The molecule has 1 aromatic rings. The Labute approximate surface area is 166 Å². The highest BCUT2D eigenvalue weighted by molar-refractivity contribution is 8.14. The van der Waals surface area contributed by atoms with Crippen molar-refractivity contribution in [1.82, 2.24) is 15.1 Å². The van der Waals surface area contributed by atoms with E-state index in [0.717, 1.165) is 16.7 Å². The van der Waals surface area contributed by atoms with Crippen molar-refractivity contribution in [2.24, 2.45) is 5.41 Å². The molecule has 3 heterocycles. The zero-order valence-electron chi connectivity index (χ0n) is 15.8. The fraction of sp³-hybridized carbons (Fsp3) is 0.625. The number of ether oxygens (including phenoxy) is 1. The number of hydrogen-bond acceptors (Lipinski definition) is 9. The van der Waals surface area contributed by atoms with E-state index in [1.807, 2.05) is 0 Å². The van der Waals surface area contributed by atoms with Gasteiger partial charge in [0.15, 0.2) is 31.4 Å². The number of carbonyl (C=O) groups excluding carboxylic acids is 2. The van der Waals surface area contributed by atoms with Gasteiger partial charge in [0.05, 0.1) is 5.70 Å². The summed E-state index contributed by atoms with van der Waals surface area (Å²) in [5, 5.41) is 7.43. The van der Waals surface area contributed by atoms with Crippen molar-refractivity contribution in [3.63, 3.8) is 0 Å². The SMILES string of the molecule is CO[C@H]1C(=O)N2C(C(=O)C(C)(C)C)=C(C)C(Sc3nnc(C)s3)S(=O)(=O)[C@@H]12.